The fraction of sp³-hybridized carbons (Fsp3) is 0.600. The van der Waals surface area contributed by atoms with E-state index in [1.54, 1.807) is 4.90 Å². The van der Waals surface area contributed by atoms with Crippen LogP contribution in [0.25, 0.3) is 0 Å². The molecule has 1 heterocycles. The maximum absolute atomic E-state index is 14.1. The van der Waals surface area contributed by atoms with E-state index in [0.29, 0.717) is 18.5 Å². The van der Waals surface area contributed by atoms with Crippen molar-refractivity contribution in [3.63, 3.8) is 0 Å². The zero-order valence-corrected chi connectivity index (χ0v) is 16.4. The van der Waals surface area contributed by atoms with Crippen molar-refractivity contribution in [2.45, 2.75) is 63.6 Å². The van der Waals surface area contributed by atoms with Gasteiger partial charge in [0, 0.05) is 43.7 Å². The van der Waals surface area contributed by atoms with Crippen molar-refractivity contribution in [3.05, 3.63) is 29.6 Å². The first-order chi connectivity index (χ1) is 14.1. The molecule has 0 spiro atoms. The van der Waals surface area contributed by atoms with Crippen molar-refractivity contribution in [2.24, 2.45) is 5.92 Å². The summed E-state index contributed by atoms with van der Waals surface area (Å²) in [6.07, 6.45) is -1.32. The summed E-state index contributed by atoms with van der Waals surface area (Å²) in [5, 5.41) is 2.68. The fourth-order valence-corrected chi connectivity index (χ4v) is 4.33. The Labute approximate surface area is 171 Å². The van der Waals surface area contributed by atoms with Crippen molar-refractivity contribution < 1.29 is 31.9 Å². The zero-order chi connectivity index (χ0) is 21.6. The number of halogens is 4. The van der Waals surface area contributed by atoms with Crippen molar-refractivity contribution in [1.29, 1.82) is 0 Å². The third kappa shape index (κ3) is 4.62. The molecule has 6 nitrogen and oxygen atoms in total. The Morgan fingerprint density at radius 2 is 1.97 bits per heavy atom. The molecule has 164 valence electrons. The Bertz CT molecular complexity index is 843. The Morgan fingerprint density at radius 3 is 2.57 bits per heavy atom. The normalized spacial score (nSPS) is 25.4. The number of nitrogens with one attached hydrogen (secondary N) is 1. The van der Waals surface area contributed by atoms with Gasteiger partial charge in [-0.2, -0.15) is 0 Å². The van der Waals surface area contributed by atoms with Gasteiger partial charge in [-0.25, -0.2) is 9.18 Å². The number of piperidine rings is 1. The minimum Gasteiger partial charge on any atom is -0.406 e. The van der Waals surface area contributed by atoms with Crippen LogP contribution in [0.4, 0.5) is 22.4 Å². The van der Waals surface area contributed by atoms with Crippen LogP contribution in [0.2, 0.25) is 0 Å². The smallest absolute Gasteiger partial charge is 0.406 e. The monoisotopic (exact) mass is 429 g/mol. The molecule has 4 rings (SSSR count). The second-order valence-electron chi connectivity index (χ2n) is 8.22. The van der Waals surface area contributed by atoms with Gasteiger partial charge in [0.2, 0.25) is 5.91 Å². The molecule has 2 saturated carbocycles. The van der Waals surface area contributed by atoms with Crippen LogP contribution in [-0.2, 0) is 11.3 Å². The first kappa shape index (κ1) is 20.7. The first-order valence-corrected chi connectivity index (χ1v) is 10.00. The maximum Gasteiger partial charge on any atom is 0.573 e. The molecular weight excluding hydrogens is 406 g/mol. The van der Waals surface area contributed by atoms with E-state index in [1.165, 1.54) is 6.92 Å². The molecule has 3 atom stereocenters. The molecule has 30 heavy (non-hydrogen) atoms. The number of nitrogens with zero attached hydrogens (tertiary/aromatic N) is 2. The van der Waals surface area contributed by atoms with Gasteiger partial charge in [0.25, 0.3) is 0 Å². The highest BCUT2D eigenvalue weighted by atomic mass is 19.4. The summed E-state index contributed by atoms with van der Waals surface area (Å²) in [5.74, 6) is -1.12. The predicted octanol–water partition coefficient (Wildman–Crippen LogP) is 3.41. The SMILES string of the molecule is CC(=O)N1C[C@H](N(C(=O)NCc2ccc(OC(F)(F)F)cc2F)C2CC2)CC2CC21. The van der Waals surface area contributed by atoms with Crippen LogP contribution in [0.15, 0.2) is 18.2 Å². The van der Waals surface area contributed by atoms with E-state index in [-0.39, 0.29) is 42.2 Å². The summed E-state index contributed by atoms with van der Waals surface area (Å²) < 4.78 is 54.6. The molecule has 1 N–H and O–H groups in total. The average Bonchev–Trinajstić information content (AvgIpc) is 3.54. The quantitative estimate of drug-likeness (QED) is 0.730. The molecule has 1 aromatic rings. The van der Waals surface area contributed by atoms with E-state index in [4.69, 9.17) is 0 Å². The summed E-state index contributed by atoms with van der Waals surface area (Å²) in [7, 11) is 0. The van der Waals surface area contributed by atoms with Crippen LogP contribution in [0.1, 0.15) is 38.2 Å². The molecule has 3 fully saturated rings. The van der Waals surface area contributed by atoms with Crippen LogP contribution >= 0.6 is 0 Å². The number of ether oxygens (including phenoxy) is 1. The summed E-state index contributed by atoms with van der Waals surface area (Å²) >= 11 is 0. The zero-order valence-electron chi connectivity index (χ0n) is 16.4. The van der Waals surface area contributed by atoms with Gasteiger partial charge >= 0.3 is 12.4 Å². The first-order valence-electron chi connectivity index (χ1n) is 10.00. The Morgan fingerprint density at radius 1 is 1.23 bits per heavy atom. The second-order valence-corrected chi connectivity index (χ2v) is 8.22. The summed E-state index contributed by atoms with van der Waals surface area (Å²) in [6, 6.07) is 2.77. The number of urea groups is 1. The summed E-state index contributed by atoms with van der Waals surface area (Å²) in [6.45, 7) is 1.88. The lowest BCUT2D eigenvalue weighted by molar-refractivity contribution is -0.274. The van der Waals surface area contributed by atoms with E-state index in [9.17, 15) is 27.2 Å². The summed E-state index contributed by atoms with van der Waals surface area (Å²) in [5.41, 5.74) is 0.0601. The van der Waals surface area contributed by atoms with Crippen molar-refractivity contribution in [1.82, 2.24) is 15.1 Å². The number of amides is 3. The number of hydrogen-bond acceptors (Lipinski definition) is 3. The Hall–Kier alpha value is -2.52. The molecule has 3 aliphatic rings. The standard InChI is InChI=1S/C20H23F4N3O3/c1-11(28)26-10-15(6-13-7-18(13)26)27(14-3-4-14)19(29)25-9-12-2-5-16(8-17(12)21)30-20(22,23)24/h2,5,8,13-15,18H,3-4,6-7,9-10H2,1H3,(H,25,29)/t13?,15-,18?/m1/s1. The molecule has 0 radical (unpaired) electrons. The molecule has 0 aromatic heterocycles. The number of carbonyl (C=O) groups excluding carboxylic acids is 2. The van der Waals surface area contributed by atoms with Gasteiger partial charge in [-0.3, -0.25) is 4.79 Å². The number of likely N-dealkylation sites (tertiary alicyclic amines) is 1. The third-order valence-electron chi connectivity index (χ3n) is 5.93. The highest BCUT2D eigenvalue weighted by Gasteiger charge is 2.51. The molecule has 10 heteroatoms. The van der Waals surface area contributed by atoms with Gasteiger partial charge in [-0.1, -0.05) is 6.07 Å². The molecule has 0 bridgehead atoms. The Kier molecular flexibility index (Phi) is 5.27. The van der Waals surface area contributed by atoms with E-state index in [0.717, 1.165) is 37.8 Å². The number of alkyl halides is 3. The van der Waals surface area contributed by atoms with Crippen molar-refractivity contribution >= 4 is 11.9 Å². The summed E-state index contributed by atoms with van der Waals surface area (Å²) in [4.78, 5) is 28.4. The molecule has 3 amide bonds. The molecule has 1 saturated heterocycles. The van der Waals surface area contributed by atoms with Crippen LogP contribution in [0.3, 0.4) is 0 Å². The predicted molar refractivity (Wildman–Crippen MR) is 97.9 cm³/mol. The third-order valence-corrected chi connectivity index (χ3v) is 5.93. The highest BCUT2D eigenvalue weighted by Crippen LogP contribution is 2.45. The van der Waals surface area contributed by atoms with E-state index < -0.39 is 17.9 Å². The van der Waals surface area contributed by atoms with Gasteiger partial charge in [0.05, 0.1) is 6.04 Å². The lowest BCUT2D eigenvalue weighted by atomic mass is 10.0. The van der Waals surface area contributed by atoms with E-state index >= 15 is 0 Å². The topological polar surface area (TPSA) is 61.9 Å². The molecular formula is C20H23F4N3O3. The lowest BCUT2D eigenvalue weighted by Gasteiger charge is -2.39. The van der Waals surface area contributed by atoms with Crippen LogP contribution in [0.5, 0.6) is 5.75 Å². The largest absolute Gasteiger partial charge is 0.573 e. The van der Waals surface area contributed by atoms with Gasteiger partial charge in [0.15, 0.2) is 0 Å². The van der Waals surface area contributed by atoms with Crippen molar-refractivity contribution in [2.75, 3.05) is 6.54 Å². The van der Waals surface area contributed by atoms with Gasteiger partial charge in [0.1, 0.15) is 11.6 Å². The highest BCUT2D eigenvalue weighted by molar-refractivity contribution is 5.76. The van der Waals surface area contributed by atoms with Gasteiger partial charge in [-0.05, 0) is 37.7 Å². The number of rotatable bonds is 5. The molecule has 2 unspecified atom stereocenters. The van der Waals surface area contributed by atoms with E-state index in [1.807, 2.05) is 4.90 Å². The van der Waals surface area contributed by atoms with Crippen LogP contribution in [-0.4, -0.2) is 52.8 Å². The van der Waals surface area contributed by atoms with Crippen LogP contribution < -0.4 is 10.1 Å². The van der Waals surface area contributed by atoms with Gasteiger partial charge in [-0.15, -0.1) is 13.2 Å². The number of fused-ring (bicyclic) bond motifs is 1. The minimum absolute atomic E-state index is 0.00610. The fourth-order valence-electron chi connectivity index (χ4n) is 4.33. The second kappa shape index (κ2) is 7.63. The lowest BCUT2D eigenvalue weighted by Crippen LogP contribution is -2.55. The number of carbonyl (C=O) groups is 2. The van der Waals surface area contributed by atoms with Gasteiger partial charge < -0.3 is 19.9 Å². The maximum atomic E-state index is 14.1. The molecule has 2 aliphatic carbocycles. The van der Waals surface area contributed by atoms with E-state index in [2.05, 4.69) is 10.1 Å². The minimum atomic E-state index is -4.90. The molecule has 1 aromatic carbocycles. The van der Waals surface area contributed by atoms with Crippen molar-refractivity contribution in [3.8, 4) is 5.75 Å². The Balaban J connectivity index is 1.39. The number of hydrogen-bond donors (Lipinski definition) is 1. The van der Waals surface area contributed by atoms with Crippen LogP contribution in [0, 0.1) is 11.7 Å². The number of benzene rings is 1. The average molecular weight is 429 g/mol. The molecule has 1 aliphatic heterocycles.